The standard InChI is InChI=1S/C20H21NO5S/c1-11-3-5-13-16(7-11)27-19(18(13)20(23)24-2)21-17(22)9-12-4-6-14-15(8-12)26-10-25-14/h4,6,8,11H,3,5,7,9-10H2,1-2H3,(H,21,22)/t11-/m1/s1. The molecule has 27 heavy (non-hydrogen) atoms. The van der Waals surface area contributed by atoms with Crippen molar-refractivity contribution >= 4 is 28.2 Å². The molecule has 1 aliphatic carbocycles. The van der Waals surface area contributed by atoms with Crippen LogP contribution in [-0.2, 0) is 28.8 Å². The van der Waals surface area contributed by atoms with Gasteiger partial charge in [0.1, 0.15) is 5.00 Å². The van der Waals surface area contributed by atoms with E-state index < -0.39 is 0 Å². The Morgan fingerprint density at radius 2 is 2.11 bits per heavy atom. The van der Waals surface area contributed by atoms with Gasteiger partial charge in [0.2, 0.25) is 12.7 Å². The summed E-state index contributed by atoms with van der Waals surface area (Å²) in [6, 6.07) is 5.45. The molecule has 1 atom stereocenters. The largest absolute Gasteiger partial charge is 0.465 e. The molecule has 0 unspecified atom stereocenters. The first-order valence-corrected chi connectivity index (χ1v) is 9.78. The van der Waals surface area contributed by atoms with Gasteiger partial charge in [0.05, 0.1) is 19.1 Å². The Hall–Kier alpha value is -2.54. The zero-order valence-corrected chi connectivity index (χ0v) is 16.1. The number of hydrogen-bond donors (Lipinski definition) is 1. The van der Waals surface area contributed by atoms with Crippen molar-refractivity contribution < 1.29 is 23.8 Å². The molecule has 7 heteroatoms. The highest BCUT2D eigenvalue weighted by Crippen LogP contribution is 2.40. The van der Waals surface area contributed by atoms with Crippen molar-refractivity contribution in [3.63, 3.8) is 0 Å². The van der Waals surface area contributed by atoms with Gasteiger partial charge in [0.25, 0.3) is 0 Å². The fourth-order valence-electron chi connectivity index (χ4n) is 3.56. The van der Waals surface area contributed by atoms with Crippen LogP contribution in [-0.4, -0.2) is 25.8 Å². The van der Waals surface area contributed by atoms with Crippen molar-refractivity contribution in [2.45, 2.75) is 32.6 Å². The number of rotatable bonds is 4. The van der Waals surface area contributed by atoms with Crippen LogP contribution in [0.15, 0.2) is 18.2 Å². The summed E-state index contributed by atoms with van der Waals surface area (Å²) in [5, 5.41) is 3.51. The van der Waals surface area contributed by atoms with E-state index in [2.05, 4.69) is 12.2 Å². The monoisotopic (exact) mass is 387 g/mol. The van der Waals surface area contributed by atoms with Gasteiger partial charge in [-0.05, 0) is 48.4 Å². The van der Waals surface area contributed by atoms with Gasteiger partial charge in [-0.1, -0.05) is 13.0 Å². The van der Waals surface area contributed by atoms with E-state index >= 15 is 0 Å². The van der Waals surface area contributed by atoms with Gasteiger partial charge < -0.3 is 19.5 Å². The molecule has 0 spiro atoms. The van der Waals surface area contributed by atoms with Crippen molar-refractivity contribution in [3.8, 4) is 11.5 Å². The number of nitrogens with one attached hydrogen (secondary N) is 1. The fraction of sp³-hybridized carbons (Fsp3) is 0.400. The molecular weight excluding hydrogens is 366 g/mol. The van der Waals surface area contributed by atoms with Gasteiger partial charge in [-0.15, -0.1) is 11.3 Å². The third kappa shape index (κ3) is 3.51. The highest BCUT2D eigenvalue weighted by Gasteiger charge is 2.29. The molecule has 142 valence electrons. The van der Waals surface area contributed by atoms with E-state index in [-0.39, 0.29) is 25.1 Å². The Balaban J connectivity index is 1.54. The number of methoxy groups -OCH3 is 1. The molecule has 2 heterocycles. The number of esters is 1. The maximum Gasteiger partial charge on any atom is 0.341 e. The van der Waals surface area contributed by atoms with Gasteiger partial charge in [-0.3, -0.25) is 4.79 Å². The highest BCUT2D eigenvalue weighted by atomic mass is 32.1. The Labute approximate surface area is 161 Å². The van der Waals surface area contributed by atoms with E-state index in [1.807, 2.05) is 12.1 Å². The number of carbonyl (C=O) groups excluding carboxylic acids is 2. The van der Waals surface area contributed by atoms with E-state index in [1.54, 1.807) is 6.07 Å². The van der Waals surface area contributed by atoms with Gasteiger partial charge in [0.15, 0.2) is 11.5 Å². The lowest BCUT2D eigenvalue weighted by atomic mass is 9.88. The number of benzene rings is 1. The molecule has 2 aromatic rings. The predicted octanol–water partition coefficient (Wildman–Crippen LogP) is 3.57. The topological polar surface area (TPSA) is 73.9 Å². The maximum atomic E-state index is 12.6. The number of ether oxygens (including phenoxy) is 3. The lowest BCUT2D eigenvalue weighted by molar-refractivity contribution is -0.115. The second-order valence-electron chi connectivity index (χ2n) is 6.96. The number of fused-ring (bicyclic) bond motifs is 2. The second kappa shape index (κ2) is 7.23. The summed E-state index contributed by atoms with van der Waals surface area (Å²) in [6.07, 6.45) is 3.01. The Morgan fingerprint density at radius 3 is 2.93 bits per heavy atom. The molecule has 4 rings (SSSR count). The molecule has 2 aliphatic rings. The zero-order valence-electron chi connectivity index (χ0n) is 15.3. The first kappa shape index (κ1) is 17.9. The van der Waals surface area contributed by atoms with Crippen LogP contribution in [0.4, 0.5) is 5.00 Å². The van der Waals surface area contributed by atoms with Crippen molar-refractivity contribution in [2.75, 3.05) is 19.2 Å². The molecule has 0 saturated carbocycles. The molecule has 0 fully saturated rings. The summed E-state index contributed by atoms with van der Waals surface area (Å²) < 4.78 is 15.6. The van der Waals surface area contributed by atoms with Gasteiger partial charge >= 0.3 is 5.97 Å². The Kier molecular flexibility index (Phi) is 4.78. The third-order valence-corrected chi connectivity index (χ3v) is 6.13. The van der Waals surface area contributed by atoms with Gasteiger partial charge in [0, 0.05) is 4.88 Å². The van der Waals surface area contributed by atoms with Gasteiger partial charge in [-0.2, -0.15) is 0 Å². The quantitative estimate of drug-likeness (QED) is 0.812. The van der Waals surface area contributed by atoms with Crippen LogP contribution in [0.3, 0.4) is 0 Å². The van der Waals surface area contributed by atoms with E-state index in [1.165, 1.54) is 23.3 Å². The normalized spacial score (nSPS) is 17.3. The molecule has 1 aromatic heterocycles. The van der Waals surface area contributed by atoms with E-state index in [9.17, 15) is 9.59 Å². The number of amides is 1. The van der Waals surface area contributed by atoms with Crippen molar-refractivity contribution in [2.24, 2.45) is 5.92 Å². The maximum absolute atomic E-state index is 12.6. The van der Waals surface area contributed by atoms with Crippen LogP contribution >= 0.6 is 11.3 Å². The third-order valence-electron chi connectivity index (χ3n) is 4.96. The molecule has 0 saturated heterocycles. The minimum Gasteiger partial charge on any atom is -0.465 e. The highest BCUT2D eigenvalue weighted by molar-refractivity contribution is 7.17. The number of hydrogen-bond acceptors (Lipinski definition) is 6. The van der Waals surface area contributed by atoms with Crippen molar-refractivity contribution in [1.82, 2.24) is 0 Å². The Bertz CT molecular complexity index is 904. The number of carbonyl (C=O) groups is 2. The van der Waals surface area contributed by atoms with Crippen molar-refractivity contribution in [3.05, 3.63) is 39.8 Å². The summed E-state index contributed by atoms with van der Waals surface area (Å²) in [7, 11) is 1.37. The van der Waals surface area contributed by atoms with Crippen LogP contribution in [0.25, 0.3) is 0 Å². The minimum atomic E-state index is -0.388. The van der Waals surface area contributed by atoms with Crippen LogP contribution < -0.4 is 14.8 Å². The molecule has 1 aliphatic heterocycles. The molecule has 1 amide bonds. The fourth-order valence-corrected chi connectivity index (χ4v) is 4.98. The summed E-state index contributed by atoms with van der Waals surface area (Å²) >= 11 is 1.49. The van der Waals surface area contributed by atoms with E-state index in [0.717, 1.165) is 30.4 Å². The molecule has 0 bridgehead atoms. The van der Waals surface area contributed by atoms with Crippen LogP contribution in [0, 0.1) is 5.92 Å². The average Bonchev–Trinajstić information content (AvgIpc) is 3.24. The minimum absolute atomic E-state index is 0.175. The number of thiophene rings is 1. The second-order valence-corrected chi connectivity index (χ2v) is 8.07. The Morgan fingerprint density at radius 1 is 1.30 bits per heavy atom. The van der Waals surface area contributed by atoms with Crippen LogP contribution in [0.2, 0.25) is 0 Å². The number of anilines is 1. The molecule has 0 radical (unpaired) electrons. The van der Waals surface area contributed by atoms with Crippen molar-refractivity contribution in [1.29, 1.82) is 0 Å². The summed E-state index contributed by atoms with van der Waals surface area (Å²) in [4.78, 5) is 26.1. The SMILES string of the molecule is COC(=O)c1c(NC(=O)Cc2ccc3c(c2)OCO3)sc2c1CC[C@@H](C)C2. The lowest BCUT2D eigenvalue weighted by Crippen LogP contribution is -2.17. The predicted molar refractivity (Wildman–Crippen MR) is 102 cm³/mol. The van der Waals surface area contributed by atoms with Crippen LogP contribution in [0.1, 0.15) is 39.7 Å². The smallest absolute Gasteiger partial charge is 0.341 e. The first-order chi connectivity index (χ1) is 13.0. The summed E-state index contributed by atoms with van der Waals surface area (Å²) in [5.41, 5.74) is 2.37. The molecule has 1 aromatic carbocycles. The summed E-state index contributed by atoms with van der Waals surface area (Å²) in [6.45, 7) is 2.41. The van der Waals surface area contributed by atoms with E-state index in [4.69, 9.17) is 14.2 Å². The van der Waals surface area contributed by atoms with Gasteiger partial charge in [-0.25, -0.2) is 4.79 Å². The summed E-state index contributed by atoms with van der Waals surface area (Å²) in [5.74, 6) is 1.35. The molecule has 6 nitrogen and oxygen atoms in total. The average molecular weight is 387 g/mol. The zero-order chi connectivity index (χ0) is 19.0. The molecular formula is C20H21NO5S. The molecule has 1 N–H and O–H groups in total. The van der Waals surface area contributed by atoms with E-state index in [0.29, 0.717) is 28.0 Å². The lowest BCUT2D eigenvalue weighted by Gasteiger charge is -2.18. The van der Waals surface area contributed by atoms with Crippen LogP contribution in [0.5, 0.6) is 11.5 Å². The first-order valence-electron chi connectivity index (χ1n) is 8.96.